The number of anilines is 1. The molecule has 1 saturated heterocycles. The van der Waals surface area contributed by atoms with Gasteiger partial charge in [-0.1, -0.05) is 0 Å². The van der Waals surface area contributed by atoms with Crippen molar-refractivity contribution in [3.8, 4) is 0 Å². The summed E-state index contributed by atoms with van der Waals surface area (Å²) in [5, 5.41) is 16.9. The normalized spacial score (nSPS) is 20.0. The number of fused-ring (bicyclic) bond motifs is 1. The number of nitrogens with two attached hydrogens (primary N) is 1. The second-order valence-electron chi connectivity index (χ2n) is 6.50. The van der Waals surface area contributed by atoms with Gasteiger partial charge in [-0.2, -0.15) is 0 Å². The van der Waals surface area contributed by atoms with Gasteiger partial charge >= 0.3 is 6.03 Å². The molecule has 3 heterocycles. The number of quaternary nitrogens is 1. The van der Waals surface area contributed by atoms with Gasteiger partial charge in [0.2, 0.25) is 0 Å². The van der Waals surface area contributed by atoms with E-state index in [1.54, 1.807) is 4.90 Å². The van der Waals surface area contributed by atoms with Crippen LogP contribution in [0.2, 0.25) is 0 Å². The molecule has 0 unspecified atom stereocenters. The Balaban J connectivity index is 1.86. The van der Waals surface area contributed by atoms with Crippen molar-refractivity contribution in [2.75, 3.05) is 31.5 Å². The summed E-state index contributed by atoms with van der Waals surface area (Å²) in [5.74, 6) is -1.25. The van der Waals surface area contributed by atoms with E-state index >= 15 is 0 Å². The third-order valence-corrected chi connectivity index (χ3v) is 5.33. The minimum absolute atomic E-state index is 0.110. The van der Waals surface area contributed by atoms with Crippen molar-refractivity contribution >= 4 is 28.3 Å². The first-order chi connectivity index (χ1) is 10.9. The lowest BCUT2D eigenvalue weighted by atomic mass is 9.93. The number of nitrogens with one attached hydrogen (secondary N) is 1. The average Bonchev–Trinajstić information content (AvgIpc) is 2.84. The molecule has 0 saturated carbocycles. The minimum Gasteiger partial charge on any atom is -0.545 e. The second kappa shape index (κ2) is 6.10. The lowest BCUT2D eigenvalue weighted by Gasteiger charge is -2.30. The number of carbonyl (C=O) groups excluding carboxylic acids is 2. The second-order valence-corrected chi connectivity index (χ2v) is 7.61. The highest BCUT2D eigenvalue weighted by molar-refractivity contribution is 7.16. The Kier molecular flexibility index (Phi) is 4.31. The molecule has 0 radical (unpaired) electrons. The lowest BCUT2D eigenvalue weighted by molar-refractivity contribution is -0.661. The van der Waals surface area contributed by atoms with Gasteiger partial charge in [0.1, 0.15) is 5.00 Å². The fraction of sp³-hybridized carbons (Fsp3) is 0.600. The molecule has 23 heavy (non-hydrogen) atoms. The third-order valence-electron chi connectivity index (χ3n) is 4.21. The molecule has 3 N–H and O–H groups in total. The number of aromatic carboxylic acids is 1. The standard InChI is InChI=1S/C15H21N3O4S/c1-15(2)7-9-10(8-22-15)23-12(11(9)13(19)20)17-14(21)18-5-3-16-4-6-18/h16H,3-8H2,1-2H3,(H,17,21)(H,19,20). The van der Waals surface area contributed by atoms with Gasteiger partial charge in [-0.15, -0.1) is 11.3 Å². The summed E-state index contributed by atoms with van der Waals surface area (Å²) in [6.07, 6.45) is 0.497. The van der Waals surface area contributed by atoms with Crippen LogP contribution < -0.4 is 15.7 Å². The van der Waals surface area contributed by atoms with E-state index < -0.39 is 11.6 Å². The quantitative estimate of drug-likeness (QED) is 0.750. The molecule has 2 aliphatic heterocycles. The number of hydrogen-bond donors (Lipinski definition) is 2. The predicted molar refractivity (Wildman–Crippen MR) is 83.5 cm³/mol. The van der Waals surface area contributed by atoms with Crippen molar-refractivity contribution in [2.45, 2.75) is 32.5 Å². The number of carboxylic acid groups (broad SMARTS) is 1. The molecule has 2 amide bonds. The van der Waals surface area contributed by atoms with Crippen LogP contribution in [0.3, 0.4) is 0 Å². The van der Waals surface area contributed by atoms with Gasteiger partial charge in [0.25, 0.3) is 0 Å². The van der Waals surface area contributed by atoms with Crippen LogP contribution in [0.4, 0.5) is 9.80 Å². The SMILES string of the molecule is CC1(C)Cc2c(sc(NC(=O)N3CC[NH2+]CC3)c2C(=O)[O-])CO1. The van der Waals surface area contributed by atoms with Gasteiger partial charge in [-0.3, -0.25) is 5.32 Å². The van der Waals surface area contributed by atoms with E-state index in [4.69, 9.17) is 4.74 Å². The zero-order chi connectivity index (χ0) is 16.6. The molecule has 0 aliphatic carbocycles. The highest BCUT2D eigenvalue weighted by Crippen LogP contribution is 2.40. The van der Waals surface area contributed by atoms with Gasteiger partial charge in [-0.25, -0.2) is 4.79 Å². The van der Waals surface area contributed by atoms with E-state index in [0.29, 0.717) is 31.1 Å². The van der Waals surface area contributed by atoms with Crippen LogP contribution in [0, 0.1) is 0 Å². The first-order valence-electron chi connectivity index (χ1n) is 7.75. The lowest BCUT2D eigenvalue weighted by Crippen LogP contribution is -2.90. The smallest absolute Gasteiger partial charge is 0.322 e. The fourth-order valence-corrected chi connectivity index (χ4v) is 4.10. The van der Waals surface area contributed by atoms with Gasteiger partial charge in [0.15, 0.2) is 0 Å². The molecule has 3 rings (SSSR count). The van der Waals surface area contributed by atoms with E-state index in [1.807, 2.05) is 13.8 Å². The molecular formula is C15H21N3O4S. The molecule has 7 nitrogen and oxygen atoms in total. The summed E-state index contributed by atoms with van der Waals surface area (Å²) >= 11 is 1.27. The molecule has 1 aromatic rings. The topological polar surface area (TPSA) is 98.3 Å². The number of ether oxygens (including phenoxy) is 1. The number of carbonyl (C=O) groups is 2. The average molecular weight is 339 g/mol. The number of piperazine rings is 1. The molecule has 0 atom stereocenters. The summed E-state index contributed by atoms with van der Waals surface area (Å²) in [6, 6.07) is -0.251. The minimum atomic E-state index is -1.25. The van der Waals surface area contributed by atoms with Crippen molar-refractivity contribution in [2.24, 2.45) is 0 Å². The zero-order valence-corrected chi connectivity index (χ0v) is 14.1. The number of urea groups is 1. The number of amides is 2. The molecule has 1 fully saturated rings. The summed E-state index contributed by atoms with van der Waals surface area (Å²) in [5.41, 5.74) is 0.425. The van der Waals surface area contributed by atoms with E-state index in [1.165, 1.54) is 11.3 Å². The predicted octanol–water partition coefficient (Wildman–Crippen LogP) is -0.626. The zero-order valence-electron chi connectivity index (χ0n) is 13.3. The van der Waals surface area contributed by atoms with Gasteiger partial charge in [-0.05, 0) is 19.4 Å². The molecule has 0 aromatic carbocycles. The van der Waals surface area contributed by atoms with Crippen molar-refractivity contribution in [1.29, 1.82) is 0 Å². The van der Waals surface area contributed by atoms with Crippen molar-refractivity contribution < 1.29 is 24.7 Å². The van der Waals surface area contributed by atoms with Crippen molar-refractivity contribution in [3.63, 3.8) is 0 Å². The molecule has 0 bridgehead atoms. The molecule has 8 heteroatoms. The van der Waals surface area contributed by atoms with Crippen LogP contribution in [0.15, 0.2) is 0 Å². The summed E-state index contributed by atoms with van der Waals surface area (Å²) in [4.78, 5) is 26.5. The van der Waals surface area contributed by atoms with Crippen LogP contribution in [0.25, 0.3) is 0 Å². The third kappa shape index (κ3) is 3.34. The molecule has 0 spiro atoms. The molecule has 2 aliphatic rings. The Hall–Kier alpha value is -1.64. The van der Waals surface area contributed by atoms with Gasteiger partial charge in [0.05, 0.1) is 44.4 Å². The number of nitrogens with zero attached hydrogens (tertiary/aromatic N) is 1. The number of thiophene rings is 1. The number of rotatable bonds is 2. The van der Waals surface area contributed by atoms with Crippen LogP contribution in [0.5, 0.6) is 0 Å². The Morgan fingerprint density at radius 1 is 1.35 bits per heavy atom. The molecule has 126 valence electrons. The van der Waals surface area contributed by atoms with Gasteiger partial charge < -0.3 is 24.9 Å². The Morgan fingerprint density at radius 3 is 2.70 bits per heavy atom. The highest BCUT2D eigenvalue weighted by Gasteiger charge is 2.32. The van der Waals surface area contributed by atoms with Crippen molar-refractivity contribution in [1.82, 2.24) is 4.90 Å². The Morgan fingerprint density at radius 2 is 2.04 bits per heavy atom. The highest BCUT2D eigenvalue weighted by atomic mass is 32.1. The number of carboxylic acids is 1. The summed E-state index contributed by atoms with van der Waals surface area (Å²) < 4.78 is 5.73. The van der Waals surface area contributed by atoms with Crippen LogP contribution in [0.1, 0.15) is 34.6 Å². The maximum atomic E-state index is 12.3. The largest absolute Gasteiger partial charge is 0.545 e. The van der Waals surface area contributed by atoms with Gasteiger partial charge in [0, 0.05) is 16.9 Å². The van der Waals surface area contributed by atoms with Crippen LogP contribution in [-0.4, -0.2) is 48.7 Å². The Bertz CT molecular complexity index is 635. The maximum Gasteiger partial charge on any atom is 0.322 e. The first kappa shape index (κ1) is 16.2. The number of hydrogen-bond acceptors (Lipinski definition) is 5. The van der Waals surface area contributed by atoms with Crippen LogP contribution in [-0.2, 0) is 17.8 Å². The first-order valence-corrected chi connectivity index (χ1v) is 8.56. The maximum absolute atomic E-state index is 12.3. The molecule has 1 aromatic heterocycles. The van der Waals surface area contributed by atoms with Crippen LogP contribution >= 0.6 is 11.3 Å². The Labute approximate surface area is 138 Å². The molecular weight excluding hydrogens is 318 g/mol. The monoisotopic (exact) mass is 339 g/mol. The van der Waals surface area contributed by atoms with E-state index in [2.05, 4.69) is 10.6 Å². The summed E-state index contributed by atoms with van der Waals surface area (Å²) in [6.45, 7) is 7.26. The fourth-order valence-electron chi connectivity index (χ4n) is 2.99. The summed E-state index contributed by atoms with van der Waals surface area (Å²) in [7, 11) is 0. The van der Waals surface area contributed by atoms with E-state index in [-0.39, 0.29) is 11.6 Å². The van der Waals surface area contributed by atoms with E-state index in [0.717, 1.165) is 23.5 Å². The van der Waals surface area contributed by atoms with E-state index in [9.17, 15) is 14.7 Å². The van der Waals surface area contributed by atoms with Crippen molar-refractivity contribution in [3.05, 3.63) is 16.0 Å².